The number of hydrogen-bond acceptors (Lipinski definition) is 0. The van der Waals surface area contributed by atoms with Crippen LogP contribution in [0.2, 0.25) is 0 Å². The summed E-state index contributed by atoms with van der Waals surface area (Å²) >= 11 is -1.54. The molecule has 0 saturated heterocycles. The molecular formula is C43H36AsClIP. The molecule has 7 aromatic rings. The standard InChI is InChI=1S/C24H20AsCl.C19H16IP/c26-25(21-13-5-1-6-14-21,22-15-7-2-8-16-22,23-17-9-3-10-18-23)24-19-11-4-12-20-24;20-21-19(16-10-4-1-5-11-16,17-12-6-2-7-13-17)18-14-8-3-9-15-18/h1-20H;1-15,21H. The second kappa shape index (κ2) is 15.2. The van der Waals surface area contributed by atoms with E-state index in [4.69, 9.17) is 9.95 Å². The number of hydrogen-bond donors (Lipinski definition) is 0. The Hall–Kier alpha value is -3.45. The molecule has 7 aromatic carbocycles. The molecule has 232 valence electrons. The first-order valence-electron chi connectivity index (χ1n) is 15.6. The van der Waals surface area contributed by atoms with Crippen molar-refractivity contribution in [1.29, 1.82) is 0 Å². The molecule has 1 unspecified atom stereocenters. The van der Waals surface area contributed by atoms with Crippen molar-refractivity contribution in [2.45, 2.75) is 5.16 Å². The molecule has 0 nitrogen and oxygen atoms in total. The maximum atomic E-state index is 8.08. The van der Waals surface area contributed by atoms with Gasteiger partial charge in [-0.25, -0.2) is 0 Å². The van der Waals surface area contributed by atoms with Crippen molar-refractivity contribution in [3.63, 3.8) is 0 Å². The summed E-state index contributed by atoms with van der Waals surface area (Å²) in [5, 5.41) is -0.0651. The van der Waals surface area contributed by atoms with Crippen molar-refractivity contribution in [2.75, 3.05) is 0 Å². The van der Waals surface area contributed by atoms with Gasteiger partial charge in [0.05, 0.1) is 5.16 Å². The third kappa shape index (κ3) is 6.28. The Labute approximate surface area is 299 Å². The molecule has 0 heterocycles. The monoisotopic (exact) mass is 820 g/mol. The van der Waals surface area contributed by atoms with Crippen LogP contribution in [-0.2, 0) is 5.16 Å². The molecule has 0 N–H and O–H groups in total. The summed E-state index contributed by atoms with van der Waals surface area (Å²) in [5.74, 6) is 0. The van der Waals surface area contributed by atoms with Crippen LogP contribution in [0, 0.1) is 0 Å². The molecule has 47 heavy (non-hydrogen) atoms. The normalized spacial score (nSPS) is 12.4. The molecule has 0 bridgehead atoms. The summed E-state index contributed by atoms with van der Waals surface area (Å²) in [4.78, 5) is 0. The van der Waals surface area contributed by atoms with Gasteiger partial charge in [-0.15, -0.1) is 0 Å². The van der Waals surface area contributed by atoms with Gasteiger partial charge in [-0.3, -0.25) is 0 Å². The second-order valence-electron chi connectivity index (χ2n) is 11.3. The van der Waals surface area contributed by atoms with Gasteiger partial charge in [0.2, 0.25) is 0 Å². The molecule has 0 aromatic heterocycles. The van der Waals surface area contributed by atoms with Gasteiger partial charge >= 0.3 is 160 Å². The predicted octanol–water partition coefficient (Wildman–Crippen LogP) is 9.76. The van der Waals surface area contributed by atoms with Crippen molar-refractivity contribution in [3.8, 4) is 0 Å². The van der Waals surface area contributed by atoms with Crippen molar-refractivity contribution in [2.24, 2.45) is 0 Å². The molecule has 0 saturated carbocycles. The van der Waals surface area contributed by atoms with Crippen molar-refractivity contribution in [3.05, 3.63) is 229 Å². The Kier molecular flexibility index (Phi) is 10.8. The van der Waals surface area contributed by atoms with Crippen LogP contribution in [0.3, 0.4) is 0 Å². The van der Waals surface area contributed by atoms with Gasteiger partial charge in [-0.2, -0.15) is 0 Å². The maximum absolute atomic E-state index is 8.08. The Morgan fingerprint density at radius 2 is 0.532 bits per heavy atom. The van der Waals surface area contributed by atoms with E-state index in [0.717, 1.165) is 6.22 Å². The SMILES string of the molecule is Cl[As](c1ccccc1)(c1ccccc1)(c1ccccc1)c1ccccc1.IPC(c1ccccc1)(c1ccccc1)c1ccccc1. The molecule has 0 radical (unpaired) electrons. The van der Waals surface area contributed by atoms with E-state index in [1.165, 1.54) is 34.1 Å². The molecule has 0 aliphatic carbocycles. The van der Waals surface area contributed by atoms with E-state index in [-0.39, 0.29) is 5.16 Å². The fourth-order valence-electron chi connectivity index (χ4n) is 6.45. The van der Waals surface area contributed by atoms with Crippen LogP contribution in [0.25, 0.3) is 0 Å². The molecule has 1 atom stereocenters. The Bertz CT molecular complexity index is 1690. The number of benzene rings is 7. The zero-order valence-corrected chi connectivity index (χ0v) is 31.7. The van der Waals surface area contributed by atoms with Crippen molar-refractivity contribution in [1.82, 2.24) is 0 Å². The van der Waals surface area contributed by atoms with Gasteiger partial charge in [0.1, 0.15) is 0 Å². The summed E-state index contributed by atoms with van der Waals surface area (Å²) in [7, 11) is 8.08. The third-order valence-corrected chi connectivity index (χ3v) is 27.0. The Morgan fingerprint density at radius 3 is 0.723 bits per heavy atom. The first kappa shape index (κ1) is 33.4. The summed E-state index contributed by atoms with van der Waals surface area (Å²) in [6.45, 7) is 0. The quantitative estimate of drug-likeness (QED) is 0.0621. The van der Waals surface area contributed by atoms with Crippen LogP contribution in [0.15, 0.2) is 212 Å². The van der Waals surface area contributed by atoms with Gasteiger partial charge in [0.15, 0.2) is 0 Å². The van der Waals surface area contributed by atoms with E-state index < -0.39 is 11.5 Å². The first-order chi connectivity index (χ1) is 23.1. The summed E-state index contributed by atoms with van der Waals surface area (Å²) in [5.41, 5.74) is 4.07. The van der Waals surface area contributed by atoms with Crippen molar-refractivity contribution < 1.29 is 0 Å². The molecule has 7 rings (SSSR count). The fourth-order valence-corrected chi connectivity index (χ4v) is 22.3. The molecule has 4 heteroatoms. The predicted molar refractivity (Wildman–Crippen MR) is 217 cm³/mol. The van der Waals surface area contributed by atoms with Gasteiger partial charge in [0, 0.05) is 0 Å². The minimum atomic E-state index is -4.08. The van der Waals surface area contributed by atoms with E-state index in [9.17, 15) is 0 Å². The topological polar surface area (TPSA) is 0 Å². The smallest absolute Gasteiger partial charge is 0.0622 e. The van der Waals surface area contributed by atoms with Crippen LogP contribution in [0.1, 0.15) is 16.7 Å². The minimum absolute atomic E-state index is 0.0651. The summed E-state index contributed by atoms with van der Waals surface area (Å²) < 4.78 is 4.82. The van der Waals surface area contributed by atoms with Gasteiger partial charge in [-0.1, -0.05) is 113 Å². The molecule has 0 aliphatic rings. The average Bonchev–Trinajstić information content (AvgIpc) is 3.18. The van der Waals surface area contributed by atoms with Gasteiger partial charge in [-0.05, 0) is 22.9 Å². The maximum Gasteiger partial charge on any atom is 0.0714 e. The zero-order chi connectivity index (χ0) is 32.4. The minimum Gasteiger partial charge on any atom is -0.0622 e. The fraction of sp³-hybridized carbons (Fsp3) is 0.0233. The van der Waals surface area contributed by atoms with E-state index in [0.29, 0.717) is 0 Å². The molecule has 0 aliphatic heterocycles. The third-order valence-electron chi connectivity index (χ3n) is 8.73. The first-order valence-corrected chi connectivity index (χ1v) is 26.0. The van der Waals surface area contributed by atoms with E-state index in [1.807, 2.05) is 0 Å². The van der Waals surface area contributed by atoms with Crippen LogP contribution < -0.4 is 17.4 Å². The summed E-state index contributed by atoms with van der Waals surface area (Å²) in [6, 6.07) is 74.9. The van der Waals surface area contributed by atoms with E-state index in [2.05, 4.69) is 234 Å². The van der Waals surface area contributed by atoms with Crippen LogP contribution in [0.4, 0.5) is 0 Å². The second-order valence-corrected chi connectivity index (χ2v) is 25.9. The van der Waals surface area contributed by atoms with Crippen LogP contribution in [-0.4, -0.2) is 11.5 Å². The van der Waals surface area contributed by atoms with Crippen molar-refractivity contribution >= 4 is 67.1 Å². The molecule has 0 spiro atoms. The molecular weight excluding hydrogens is 785 g/mol. The van der Waals surface area contributed by atoms with Crippen LogP contribution >= 0.6 is 38.2 Å². The largest absolute Gasteiger partial charge is 0.0714 e. The zero-order valence-electron chi connectivity index (χ0n) is 25.9. The number of halogens is 2. The number of rotatable bonds is 8. The Balaban J connectivity index is 0.000000168. The van der Waals surface area contributed by atoms with Gasteiger partial charge in [0.25, 0.3) is 0 Å². The van der Waals surface area contributed by atoms with E-state index in [1.54, 1.807) is 0 Å². The average molecular weight is 821 g/mol. The molecule has 0 fully saturated rings. The molecule has 0 amide bonds. The van der Waals surface area contributed by atoms with E-state index >= 15 is 0 Å². The van der Waals surface area contributed by atoms with Gasteiger partial charge < -0.3 is 0 Å². The van der Waals surface area contributed by atoms with Crippen LogP contribution in [0.5, 0.6) is 0 Å². The Morgan fingerprint density at radius 1 is 0.340 bits per heavy atom. The summed E-state index contributed by atoms with van der Waals surface area (Å²) in [6.07, 6.45) is 0.721.